The molecule has 1 amide bonds. The topological polar surface area (TPSA) is 32.8 Å². The number of hydrogen-bond acceptors (Lipinski definition) is 4. The number of nitrogens with zero attached hydrogens (tertiary/aromatic N) is 2. The van der Waals surface area contributed by atoms with Crippen molar-refractivity contribution in [2.75, 3.05) is 26.3 Å². The molecule has 1 aromatic heterocycles. The molecule has 6 heteroatoms. The van der Waals surface area contributed by atoms with Crippen LogP contribution in [0.2, 0.25) is 4.34 Å². The van der Waals surface area contributed by atoms with Gasteiger partial charge in [-0.1, -0.05) is 11.6 Å². The Kier molecular flexibility index (Phi) is 3.28. The molecule has 3 rings (SSSR count). The maximum atomic E-state index is 11.0. The molecule has 0 unspecified atom stereocenters. The predicted molar refractivity (Wildman–Crippen MR) is 71.3 cm³/mol. The van der Waals surface area contributed by atoms with E-state index in [-0.39, 0.29) is 0 Å². The van der Waals surface area contributed by atoms with Gasteiger partial charge >= 0.3 is 0 Å². The van der Waals surface area contributed by atoms with Crippen LogP contribution in [-0.4, -0.2) is 42.5 Å². The third-order valence-corrected chi connectivity index (χ3v) is 4.41. The summed E-state index contributed by atoms with van der Waals surface area (Å²) in [6.07, 6.45) is 2.76. The molecule has 2 aliphatic rings. The van der Waals surface area contributed by atoms with Crippen molar-refractivity contribution in [1.29, 1.82) is 0 Å². The number of rotatable bonds is 2. The van der Waals surface area contributed by atoms with Gasteiger partial charge in [0.15, 0.2) is 0 Å². The summed E-state index contributed by atoms with van der Waals surface area (Å²) in [5.41, 5.74) is 2.24. The van der Waals surface area contributed by atoms with E-state index in [1.54, 1.807) is 16.2 Å². The second-order valence-corrected chi connectivity index (χ2v) is 6.05. The van der Waals surface area contributed by atoms with E-state index in [2.05, 4.69) is 4.90 Å². The molecular weight excluding hydrogens is 272 g/mol. The number of halogens is 1. The second kappa shape index (κ2) is 4.91. The van der Waals surface area contributed by atoms with Gasteiger partial charge in [0.1, 0.15) is 0 Å². The van der Waals surface area contributed by atoms with Gasteiger partial charge in [-0.05, 0) is 6.07 Å². The molecule has 0 aliphatic carbocycles. The van der Waals surface area contributed by atoms with Gasteiger partial charge in [0.05, 0.1) is 29.8 Å². The number of morpholine rings is 1. The van der Waals surface area contributed by atoms with Gasteiger partial charge in [0, 0.05) is 29.7 Å². The van der Waals surface area contributed by atoms with Gasteiger partial charge in [0.2, 0.25) is 6.41 Å². The van der Waals surface area contributed by atoms with Gasteiger partial charge in [-0.25, -0.2) is 0 Å². The molecule has 0 atom stereocenters. The van der Waals surface area contributed by atoms with E-state index in [9.17, 15) is 4.79 Å². The minimum Gasteiger partial charge on any atom is -0.378 e. The highest BCUT2D eigenvalue weighted by atomic mass is 35.5. The van der Waals surface area contributed by atoms with Crippen molar-refractivity contribution in [3.05, 3.63) is 27.0 Å². The van der Waals surface area contributed by atoms with Crippen LogP contribution in [0.25, 0.3) is 5.70 Å². The summed E-state index contributed by atoms with van der Waals surface area (Å²) in [6, 6.07) is 1.99. The van der Waals surface area contributed by atoms with E-state index in [1.165, 1.54) is 0 Å². The third kappa shape index (κ3) is 2.13. The Hall–Kier alpha value is -1.04. The van der Waals surface area contributed by atoms with Crippen LogP contribution in [0.1, 0.15) is 10.4 Å². The van der Waals surface area contributed by atoms with Crippen LogP contribution in [-0.2, 0) is 16.1 Å². The predicted octanol–water partition coefficient (Wildman–Crippen LogP) is 2.00. The normalized spacial score (nSPS) is 19.5. The number of carbonyl (C=O) groups is 1. The molecule has 96 valence electrons. The molecule has 1 saturated heterocycles. The van der Waals surface area contributed by atoms with Gasteiger partial charge in [0.25, 0.3) is 0 Å². The average Bonchev–Trinajstić information content (AvgIpc) is 2.78. The van der Waals surface area contributed by atoms with Crippen LogP contribution in [0, 0.1) is 0 Å². The summed E-state index contributed by atoms with van der Waals surface area (Å²) in [5, 5.41) is 0. The molecule has 0 radical (unpaired) electrons. The van der Waals surface area contributed by atoms with Crippen LogP contribution in [0.4, 0.5) is 0 Å². The van der Waals surface area contributed by atoms with E-state index in [0.29, 0.717) is 6.54 Å². The first-order valence-corrected chi connectivity index (χ1v) is 7.01. The van der Waals surface area contributed by atoms with Crippen LogP contribution < -0.4 is 0 Å². The fourth-order valence-corrected chi connectivity index (χ4v) is 3.58. The van der Waals surface area contributed by atoms with Crippen molar-refractivity contribution in [2.45, 2.75) is 6.54 Å². The lowest BCUT2D eigenvalue weighted by atomic mass is 10.1. The summed E-state index contributed by atoms with van der Waals surface area (Å²) in [6.45, 7) is 3.78. The molecule has 0 N–H and O–H groups in total. The van der Waals surface area contributed by atoms with Crippen molar-refractivity contribution in [3.8, 4) is 0 Å². The van der Waals surface area contributed by atoms with E-state index in [1.807, 2.05) is 12.3 Å². The minimum atomic E-state index is 0.615. The standard InChI is InChI=1S/C12H13ClN2O2S/c13-12-5-9-10(15-1-3-17-4-2-15)6-14(8-16)7-11(9)18-12/h5-6,8H,1-4,7H2. The van der Waals surface area contributed by atoms with Gasteiger partial charge in [-0.2, -0.15) is 0 Å². The summed E-state index contributed by atoms with van der Waals surface area (Å²) < 4.78 is 6.13. The molecule has 1 aromatic rings. The highest BCUT2D eigenvalue weighted by molar-refractivity contribution is 7.16. The summed E-state index contributed by atoms with van der Waals surface area (Å²) in [4.78, 5) is 16.1. The van der Waals surface area contributed by atoms with Crippen LogP contribution >= 0.6 is 22.9 Å². The first-order valence-electron chi connectivity index (χ1n) is 5.82. The zero-order valence-corrected chi connectivity index (χ0v) is 11.3. The number of amides is 1. The summed E-state index contributed by atoms with van der Waals surface area (Å²) in [5.74, 6) is 0. The monoisotopic (exact) mass is 284 g/mol. The first kappa shape index (κ1) is 12.0. The maximum Gasteiger partial charge on any atom is 0.214 e. The minimum absolute atomic E-state index is 0.615. The van der Waals surface area contributed by atoms with E-state index < -0.39 is 0 Å². The summed E-state index contributed by atoms with van der Waals surface area (Å²) >= 11 is 7.63. The van der Waals surface area contributed by atoms with E-state index in [4.69, 9.17) is 16.3 Å². The zero-order valence-electron chi connectivity index (χ0n) is 9.76. The quantitative estimate of drug-likeness (QED) is 0.779. The van der Waals surface area contributed by atoms with Crippen molar-refractivity contribution < 1.29 is 9.53 Å². The van der Waals surface area contributed by atoms with Gasteiger partial charge < -0.3 is 14.5 Å². The Morgan fingerprint density at radius 3 is 2.89 bits per heavy atom. The fourth-order valence-electron chi connectivity index (χ4n) is 2.29. The molecule has 0 aromatic carbocycles. The number of thiophene rings is 1. The van der Waals surface area contributed by atoms with Crippen molar-refractivity contribution >= 4 is 35.0 Å². The molecule has 3 heterocycles. The van der Waals surface area contributed by atoms with Crippen LogP contribution in [0.3, 0.4) is 0 Å². The first-order chi connectivity index (χ1) is 8.78. The van der Waals surface area contributed by atoms with Crippen molar-refractivity contribution in [2.24, 2.45) is 0 Å². The number of carbonyl (C=O) groups excluding carboxylic acids is 1. The fraction of sp³-hybridized carbons (Fsp3) is 0.417. The molecule has 0 bridgehead atoms. The van der Waals surface area contributed by atoms with Crippen LogP contribution in [0.15, 0.2) is 12.3 Å². The largest absolute Gasteiger partial charge is 0.378 e. The van der Waals surface area contributed by atoms with Gasteiger partial charge in [-0.15, -0.1) is 11.3 Å². The Morgan fingerprint density at radius 2 is 2.17 bits per heavy atom. The van der Waals surface area contributed by atoms with Crippen LogP contribution in [0.5, 0.6) is 0 Å². The molecule has 2 aliphatic heterocycles. The number of fused-ring (bicyclic) bond motifs is 1. The number of ether oxygens (including phenoxy) is 1. The molecular formula is C12H13ClN2O2S. The maximum absolute atomic E-state index is 11.0. The third-order valence-electron chi connectivity index (χ3n) is 3.16. The lowest BCUT2D eigenvalue weighted by Crippen LogP contribution is -2.37. The highest BCUT2D eigenvalue weighted by Crippen LogP contribution is 2.37. The SMILES string of the molecule is O=CN1C=C(N2CCOCC2)c2cc(Cl)sc2C1. The molecule has 4 nitrogen and oxygen atoms in total. The molecule has 18 heavy (non-hydrogen) atoms. The summed E-state index contributed by atoms with van der Waals surface area (Å²) in [7, 11) is 0. The smallest absolute Gasteiger partial charge is 0.214 e. The second-order valence-electron chi connectivity index (χ2n) is 4.28. The Balaban J connectivity index is 1.97. The zero-order chi connectivity index (χ0) is 12.5. The van der Waals surface area contributed by atoms with E-state index >= 15 is 0 Å². The lowest BCUT2D eigenvalue weighted by Gasteiger charge is -2.34. The lowest BCUT2D eigenvalue weighted by molar-refractivity contribution is -0.116. The Labute approximate surface area is 114 Å². The van der Waals surface area contributed by atoms with Crippen molar-refractivity contribution in [1.82, 2.24) is 9.80 Å². The van der Waals surface area contributed by atoms with Crippen molar-refractivity contribution in [3.63, 3.8) is 0 Å². The highest BCUT2D eigenvalue weighted by Gasteiger charge is 2.25. The number of hydrogen-bond donors (Lipinski definition) is 0. The van der Waals surface area contributed by atoms with Gasteiger partial charge in [-0.3, -0.25) is 4.79 Å². The van der Waals surface area contributed by atoms with E-state index in [0.717, 1.165) is 53.2 Å². The molecule has 1 fully saturated rings. The average molecular weight is 285 g/mol. The Morgan fingerprint density at radius 1 is 1.39 bits per heavy atom. The molecule has 0 saturated carbocycles. The Bertz CT molecular complexity index is 494. The molecule has 0 spiro atoms.